The van der Waals surface area contributed by atoms with E-state index in [-0.39, 0.29) is 5.97 Å². The number of carbonyl (C=O) groups excluding carboxylic acids is 1. The molecule has 170 valence electrons. The molecule has 0 heterocycles. The van der Waals surface area contributed by atoms with Crippen LogP contribution in [0, 0.1) is 52.3 Å². The molecule has 0 bridgehead atoms. The van der Waals surface area contributed by atoms with E-state index in [0.717, 1.165) is 41.9 Å². The summed E-state index contributed by atoms with van der Waals surface area (Å²) in [4.78, 5) is 12.0. The van der Waals surface area contributed by atoms with Crippen LogP contribution >= 0.6 is 0 Å². The van der Waals surface area contributed by atoms with Gasteiger partial charge in [-0.15, -0.1) is 0 Å². The largest absolute Gasteiger partial charge is 0.461 e. The van der Waals surface area contributed by atoms with Crippen molar-refractivity contribution in [1.29, 1.82) is 0 Å². The Morgan fingerprint density at radius 1 is 1.07 bits per heavy atom. The van der Waals surface area contributed by atoms with Gasteiger partial charge in [0.25, 0.3) is 0 Å². The second-order valence-corrected chi connectivity index (χ2v) is 12.3. The van der Waals surface area contributed by atoms with Crippen LogP contribution < -0.4 is 0 Å². The van der Waals surface area contributed by atoms with Gasteiger partial charge in [-0.2, -0.15) is 0 Å². The highest BCUT2D eigenvalue weighted by molar-refractivity contribution is 5.69. The number of esters is 1. The summed E-state index contributed by atoms with van der Waals surface area (Å²) in [5.74, 6) is 6.16. The van der Waals surface area contributed by atoms with E-state index in [0.29, 0.717) is 29.8 Å². The van der Waals surface area contributed by atoms with E-state index in [1.165, 1.54) is 57.8 Å². The van der Waals surface area contributed by atoms with E-state index >= 15 is 0 Å². The average Bonchev–Trinajstić information content (AvgIpc) is 3.08. The van der Waals surface area contributed by atoms with Gasteiger partial charge in [-0.25, -0.2) is 0 Å². The molecular weight excluding hydrogens is 368 g/mol. The van der Waals surface area contributed by atoms with E-state index in [4.69, 9.17) is 4.74 Å². The maximum atomic E-state index is 12.0. The molecule has 4 aliphatic carbocycles. The van der Waals surface area contributed by atoms with Crippen LogP contribution in [0.4, 0.5) is 0 Å². The Morgan fingerprint density at radius 2 is 1.80 bits per heavy atom. The summed E-state index contributed by atoms with van der Waals surface area (Å²) >= 11 is 0. The summed E-state index contributed by atoms with van der Waals surface area (Å²) in [6.07, 6.45) is 16.3. The van der Waals surface area contributed by atoms with Crippen molar-refractivity contribution in [3.8, 4) is 0 Å². The summed E-state index contributed by atoms with van der Waals surface area (Å²) in [7, 11) is 0. The first-order chi connectivity index (χ1) is 14.3. The predicted octanol–water partition coefficient (Wildman–Crippen LogP) is 7.43. The Kier molecular flexibility index (Phi) is 6.44. The van der Waals surface area contributed by atoms with E-state index < -0.39 is 0 Å². The zero-order chi connectivity index (χ0) is 21.5. The molecule has 0 aromatic rings. The van der Waals surface area contributed by atoms with Gasteiger partial charge in [0, 0.05) is 6.42 Å². The van der Waals surface area contributed by atoms with Crippen molar-refractivity contribution in [2.24, 2.45) is 52.3 Å². The predicted molar refractivity (Wildman–Crippen MR) is 124 cm³/mol. The minimum atomic E-state index is -0.0528. The highest BCUT2D eigenvalue weighted by atomic mass is 16.5. The molecule has 1 unspecified atom stereocenters. The highest BCUT2D eigenvalue weighted by Gasteiger charge is 2.60. The van der Waals surface area contributed by atoms with Gasteiger partial charge in [0.15, 0.2) is 0 Å². The fourth-order valence-electron chi connectivity index (χ4n) is 9.22. The maximum Gasteiger partial charge on any atom is 0.306 e. The van der Waals surface area contributed by atoms with Gasteiger partial charge in [0.1, 0.15) is 6.61 Å². The summed E-state index contributed by atoms with van der Waals surface area (Å²) in [6.45, 7) is 14.2. The van der Waals surface area contributed by atoms with E-state index in [1.54, 1.807) is 6.08 Å². The van der Waals surface area contributed by atoms with Crippen LogP contribution in [-0.2, 0) is 9.53 Å². The Morgan fingerprint density at radius 3 is 2.57 bits per heavy atom. The molecule has 4 saturated carbocycles. The van der Waals surface area contributed by atoms with Crippen LogP contribution in [-0.4, -0.2) is 12.6 Å². The van der Waals surface area contributed by atoms with Crippen LogP contribution in [0.2, 0.25) is 0 Å². The summed E-state index contributed by atoms with van der Waals surface area (Å²) < 4.78 is 5.22. The normalized spacial score (nSPS) is 46.3. The minimum Gasteiger partial charge on any atom is -0.461 e. The number of hydrogen-bond acceptors (Lipinski definition) is 2. The molecule has 0 N–H and O–H groups in total. The minimum absolute atomic E-state index is 0.0528. The number of rotatable bonds is 6. The van der Waals surface area contributed by atoms with Gasteiger partial charge in [-0.3, -0.25) is 4.79 Å². The Balaban J connectivity index is 1.42. The fraction of sp³-hybridized carbons (Fsp3) is 0.893. The van der Waals surface area contributed by atoms with Crippen molar-refractivity contribution in [3.05, 3.63) is 12.7 Å². The van der Waals surface area contributed by atoms with Gasteiger partial charge in [-0.1, -0.05) is 46.8 Å². The molecule has 0 aromatic carbocycles. The molecule has 2 heteroatoms. The summed E-state index contributed by atoms with van der Waals surface area (Å²) in [6, 6.07) is 0. The molecule has 0 radical (unpaired) electrons. The first kappa shape index (κ1) is 22.4. The van der Waals surface area contributed by atoms with Crippen molar-refractivity contribution >= 4 is 5.97 Å². The molecule has 9 atom stereocenters. The molecule has 4 aliphatic rings. The fourth-order valence-corrected chi connectivity index (χ4v) is 9.22. The van der Waals surface area contributed by atoms with Gasteiger partial charge in [0.2, 0.25) is 0 Å². The first-order valence-corrected chi connectivity index (χ1v) is 13.1. The lowest BCUT2D eigenvalue weighted by atomic mass is 9.44. The smallest absolute Gasteiger partial charge is 0.306 e. The van der Waals surface area contributed by atoms with Crippen molar-refractivity contribution in [3.63, 3.8) is 0 Å². The second-order valence-electron chi connectivity index (χ2n) is 12.3. The van der Waals surface area contributed by atoms with Crippen LogP contribution in [0.25, 0.3) is 0 Å². The topological polar surface area (TPSA) is 26.3 Å². The lowest BCUT2D eigenvalue weighted by Crippen LogP contribution is -2.53. The molecule has 0 aromatic heterocycles. The van der Waals surface area contributed by atoms with Crippen molar-refractivity contribution < 1.29 is 9.53 Å². The van der Waals surface area contributed by atoms with Crippen molar-refractivity contribution in [2.75, 3.05) is 6.61 Å². The van der Waals surface area contributed by atoms with Gasteiger partial charge in [-0.05, 0) is 110 Å². The van der Waals surface area contributed by atoms with Gasteiger partial charge < -0.3 is 4.74 Å². The van der Waals surface area contributed by atoms with Crippen LogP contribution in [0.5, 0.6) is 0 Å². The zero-order valence-electron chi connectivity index (χ0n) is 20.1. The lowest BCUT2D eigenvalue weighted by Gasteiger charge is -2.61. The molecule has 2 nitrogen and oxygen atoms in total. The Hall–Kier alpha value is -0.790. The Labute approximate surface area is 185 Å². The van der Waals surface area contributed by atoms with Crippen molar-refractivity contribution in [2.45, 2.75) is 98.3 Å². The third kappa shape index (κ3) is 3.79. The quantitative estimate of drug-likeness (QED) is 0.334. The summed E-state index contributed by atoms with van der Waals surface area (Å²) in [5, 5.41) is 0. The molecule has 0 saturated heterocycles. The number of fused-ring (bicyclic) bond motifs is 5. The standard InChI is InChI=1S/C28H46O2/c1-6-17-30-26(29)12-7-20(3)23-10-11-24-22-9-8-21-18-19(2)13-15-27(21,4)25(22)14-16-28(23,24)5/h6,19-25H,1,7-18H2,2-5H3/t19-,20+,21+,22-,23?,24-,25-,27-,28+/m0/s1. The monoisotopic (exact) mass is 414 g/mol. The third-order valence-corrected chi connectivity index (χ3v) is 10.9. The van der Waals surface area contributed by atoms with Gasteiger partial charge >= 0.3 is 5.97 Å². The van der Waals surface area contributed by atoms with Crippen LogP contribution in [0.1, 0.15) is 98.3 Å². The number of carbonyl (C=O) groups is 1. The third-order valence-electron chi connectivity index (χ3n) is 10.9. The van der Waals surface area contributed by atoms with Crippen LogP contribution in [0.3, 0.4) is 0 Å². The molecule has 0 aliphatic heterocycles. The molecule has 0 amide bonds. The number of ether oxygens (including phenoxy) is 1. The molecule has 0 spiro atoms. The highest BCUT2D eigenvalue weighted by Crippen LogP contribution is 2.68. The van der Waals surface area contributed by atoms with E-state index in [9.17, 15) is 4.79 Å². The maximum absolute atomic E-state index is 12.0. The van der Waals surface area contributed by atoms with Crippen molar-refractivity contribution in [1.82, 2.24) is 0 Å². The van der Waals surface area contributed by atoms with E-state index in [2.05, 4.69) is 34.3 Å². The van der Waals surface area contributed by atoms with Crippen LogP contribution in [0.15, 0.2) is 12.7 Å². The number of hydrogen-bond donors (Lipinski definition) is 0. The Bertz CT molecular complexity index is 641. The summed E-state index contributed by atoms with van der Waals surface area (Å²) in [5.41, 5.74) is 1.12. The average molecular weight is 415 g/mol. The first-order valence-electron chi connectivity index (χ1n) is 13.1. The molecule has 30 heavy (non-hydrogen) atoms. The molecular formula is C28H46O2. The molecule has 4 fully saturated rings. The zero-order valence-corrected chi connectivity index (χ0v) is 20.1. The molecule has 4 rings (SSSR count). The SMILES string of the molecule is C=CCOC(=O)CC[C@@H](C)C1CC[C@H]2[C@@H]3CC[C@@H]4C[C@@H](C)CC[C@]4(C)[C@H]3CC[C@]12C. The van der Waals surface area contributed by atoms with Gasteiger partial charge in [0.05, 0.1) is 0 Å². The lowest BCUT2D eigenvalue weighted by molar-refractivity contribution is -0.143. The van der Waals surface area contributed by atoms with E-state index in [1.807, 2.05) is 0 Å². The second kappa shape index (κ2) is 8.62.